The van der Waals surface area contributed by atoms with E-state index in [0.29, 0.717) is 5.92 Å². The van der Waals surface area contributed by atoms with Gasteiger partial charge in [0.2, 0.25) is 0 Å². The van der Waals surface area contributed by atoms with Gasteiger partial charge in [-0.3, -0.25) is 0 Å². The maximum atomic E-state index is 13.4. The number of hydrogen-bond acceptors (Lipinski definition) is 4. The van der Waals surface area contributed by atoms with Crippen LogP contribution in [0.25, 0.3) is 75.8 Å². The number of hydrogen-bond donors (Lipinski definition) is 0. The molecule has 289 valence electrons. The van der Waals surface area contributed by atoms with E-state index in [0.717, 1.165) is 82.4 Å². The molecule has 0 bridgehead atoms. The van der Waals surface area contributed by atoms with Crippen molar-refractivity contribution >= 4 is 66.7 Å². The normalized spacial score (nSPS) is 12.2. The zero-order valence-electron chi connectivity index (χ0n) is 34.3. The second kappa shape index (κ2) is 16.6. The summed E-state index contributed by atoms with van der Waals surface area (Å²) in [7, 11) is -1.44. The Balaban J connectivity index is 0.000000175. The molecule has 0 aliphatic rings. The van der Waals surface area contributed by atoms with E-state index in [4.69, 9.17) is 10.8 Å². The van der Waals surface area contributed by atoms with Crippen molar-refractivity contribution in [2.24, 2.45) is 5.92 Å². The third-order valence-electron chi connectivity index (χ3n) is 10.2. The monoisotopic (exact) mass is 962 g/mol. The van der Waals surface area contributed by atoms with E-state index in [9.17, 15) is 4.39 Å². The average molecular weight is 962 g/mol. The van der Waals surface area contributed by atoms with E-state index < -0.39 is 14.0 Å². The van der Waals surface area contributed by atoms with Crippen molar-refractivity contribution in [1.82, 2.24) is 9.97 Å². The minimum absolute atomic E-state index is 0. The van der Waals surface area contributed by atoms with Gasteiger partial charge in [0.15, 0.2) is 0 Å². The van der Waals surface area contributed by atoms with Crippen molar-refractivity contribution in [1.29, 1.82) is 0 Å². The molecular weight excluding hydrogens is 916 g/mol. The molecule has 0 aliphatic heterocycles. The molecule has 0 aliphatic carbocycles. The maximum Gasteiger partial charge on any atom is 0.123 e. The number of thiophene rings is 1. The summed E-state index contributed by atoms with van der Waals surface area (Å²) in [5.74, 6) is -0.314. The zero-order chi connectivity index (χ0) is 40.1. The van der Waals surface area contributed by atoms with Crippen molar-refractivity contribution < 1.29 is 30.3 Å². The molecule has 4 heterocycles. The number of fused-ring (bicyclic) bond motifs is 6. The Morgan fingerprint density at radius 2 is 1.44 bits per heavy atom. The Morgan fingerprint density at radius 1 is 0.754 bits per heavy atom. The average Bonchev–Trinajstić information content (AvgIpc) is 3.76. The van der Waals surface area contributed by atoms with Crippen LogP contribution < -0.4 is 5.19 Å². The maximum absolute atomic E-state index is 13.4. The molecule has 3 nitrogen and oxygen atoms in total. The largest absolute Gasteiger partial charge is 0.501 e. The fourth-order valence-corrected chi connectivity index (χ4v) is 10.4. The molecule has 9 rings (SSSR count). The first-order valence-corrected chi connectivity index (χ1v) is 23.5. The van der Waals surface area contributed by atoms with Crippen LogP contribution in [0, 0.1) is 23.9 Å². The molecular formula is C50H45FIrN2OSSi-2. The molecule has 57 heavy (non-hydrogen) atoms. The van der Waals surface area contributed by atoms with E-state index in [1.807, 2.05) is 68.4 Å². The van der Waals surface area contributed by atoms with Crippen LogP contribution in [0.5, 0.6) is 0 Å². The van der Waals surface area contributed by atoms with E-state index in [-0.39, 0.29) is 25.9 Å². The van der Waals surface area contributed by atoms with Crippen LogP contribution in [0.4, 0.5) is 4.39 Å². The smallest absolute Gasteiger partial charge is 0.123 e. The molecule has 9 aromatic rings. The van der Waals surface area contributed by atoms with Crippen LogP contribution in [-0.4, -0.2) is 18.0 Å². The van der Waals surface area contributed by atoms with E-state index in [1.165, 1.54) is 28.3 Å². The molecule has 0 fully saturated rings. The summed E-state index contributed by atoms with van der Waals surface area (Å²) < 4.78 is 30.3. The van der Waals surface area contributed by atoms with Crippen LogP contribution in [0.2, 0.25) is 19.6 Å². The van der Waals surface area contributed by atoms with Crippen LogP contribution >= 0.6 is 11.3 Å². The Hall–Kier alpha value is -4.78. The van der Waals surface area contributed by atoms with Crippen LogP contribution in [0.1, 0.15) is 46.1 Å². The first kappa shape index (κ1) is 39.1. The summed E-state index contributed by atoms with van der Waals surface area (Å²) in [5, 5.41) is 6.05. The number of para-hydroxylation sites is 1. The first-order valence-electron chi connectivity index (χ1n) is 19.7. The van der Waals surface area contributed by atoms with E-state index in [2.05, 4.69) is 99.3 Å². The van der Waals surface area contributed by atoms with Crippen molar-refractivity contribution in [3.8, 4) is 33.6 Å². The van der Waals surface area contributed by atoms with Crippen molar-refractivity contribution in [3.05, 3.63) is 151 Å². The summed E-state index contributed by atoms with van der Waals surface area (Å²) in [6.45, 7) is 15.5. The van der Waals surface area contributed by atoms with Crippen molar-refractivity contribution in [2.45, 2.75) is 59.7 Å². The standard InChI is InChI=1S/C26H19FNS.C24H26NOSi.Ir/c1-16(2)18-13-14-28-24(15-18)23-8-4-7-22-21-6-3-5-20(25(21)29-26(22)23)17-9-11-19(27)12-10-17;1-16(2)13-17-14-21(25-15-23(17)27(3,4)5)20-11-8-10-19-18-9-6-7-12-22(18)26-24(19)20;/h3-7,9-16H,1-2H3;6-10,12,14-16H,13H2,1-5H3;/q2*-1;/i16D;;. The van der Waals surface area contributed by atoms with Gasteiger partial charge in [-0.1, -0.05) is 135 Å². The molecule has 5 aromatic carbocycles. The number of nitrogens with zero attached hydrogens (tertiary/aromatic N) is 2. The fourth-order valence-electron chi connectivity index (χ4n) is 7.49. The Bertz CT molecular complexity index is 2910. The molecule has 0 atom stereocenters. The van der Waals surface area contributed by atoms with Crippen LogP contribution in [0.3, 0.4) is 0 Å². The summed E-state index contributed by atoms with van der Waals surface area (Å²) in [5.41, 5.74) is 9.91. The van der Waals surface area contributed by atoms with Gasteiger partial charge >= 0.3 is 0 Å². The second-order valence-corrected chi connectivity index (χ2v) is 22.1. The molecule has 4 aromatic heterocycles. The second-order valence-electron chi connectivity index (χ2n) is 16.1. The topological polar surface area (TPSA) is 38.9 Å². The quantitative estimate of drug-likeness (QED) is 0.118. The van der Waals surface area contributed by atoms with Crippen molar-refractivity contribution in [2.75, 3.05) is 0 Å². The van der Waals surface area contributed by atoms with Crippen LogP contribution in [0.15, 0.2) is 126 Å². The Labute approximate surface area is 354 Å². The van der Waals surface area contributed by atoms with E-state index >= 15 is 0 Å². The molecule has 0 spiro atoms. The van der Waals surface area contributed by atoms with Gasteiger partial charge in [-0.2, -0.15) is 11.3 Å². The molecule has 0 N–H and O–H groups in total. The number of benzene rings is 5. The first-order chi connectivity index (χ1) is 27.3. The van der Waals surface area contributed by atoms with Gasteiger partial charge < -0.3 is 14.4 Å². The molecule has 7 heteroatoms. The van der Waals surface area contributed by atoms with Crippen LogP contribution in [-0.2, 0) is 26.5 Å². The number of pyridine rings is 2. The molecule has 0 saturated heterocycles. The van der Waals surface area contributed by atoms with Gasteiger partial charge in [-0.15, -0.1) is 42.0 Å². The number of furan rings is 1. The molecule has 1 radical (unpaired) electrons. The number of aromatic nitrogens is 2. The summed E-state index contributed by atoms with van der Waals surface area (Å²) in [6.07, 6.45) is 4.95. The van der Waals surface area contributed by atoms with E-state index in [1.54, 1.807) is 17.5 Å². The van der Waals surface area contributed by atoms with Gasteiger partial charge in [0.25, 0.3) is 0 Å². The SMILES string of the molecule is CC(C)Cc1cc(-c2[c-]ccc3c2oc2ccccc23)ncc1[Si](C)(C)C.[2H]C(C)(C)c1ccnc(-c2[c-]ccc3c2sc2c(-c4ccc(F)cc4)cccc23)c1.[Ir]. The number of rotatable bonds is 7. The van der Waals surface area contributed by atoms with Gasteiger partial charge in [0, 0.05) is 44.0 Å². The van der Waals surface area contributed by atoms with Gasteiger partial charge in [0.1, 0.15) is 11.4 Å². The summed E-state index contributed by atoms with van der Waals surface area (Å²) in [4.78, 5) is 9.43. The van der Waals surface area contributed by atoms with Gasteiger partial charge in [0.05, 0.1) is 13.7 Å². The van der Waals surface area contributed by atoms with Crippen molar-refractivity contribution in [3.63, 3.8) is 0 Å². The Morgan fingerprint density at radius 3 is 2.18 bits per heavy atom. The fraction of sp³-hybridized carbons (Fsp3) is 0.200. The minimum atomic E-state index is -1.44. The zero-order valence-corrected chi connectivity index (χ0v) is 37.5. The molecule has 0 unspecified atom stereocenters. The predicted octanol–water partition coefficient (Wildman–Crippen LogP) is 14.0. The Kier molecular flexibility index (Phi) is 11.4. The van der Waals surface area contributed by atoms with Gasteiger partial charge in [-0.05, 0) is 80.3 Å². The molecule has 0 saturated carbocycles. The van der Waals surface area contributed by atoms with Gasteiger partial charge in [-0.25, -0.2) is 4.39 Å². The summed E-state index contributed by atoms with van der Waals surface area (Å²) in [6, 6.07) is 42.1. The predicted molar refractivity (Wildman–Crippen MR) is 238 cm³/mol. The third kappa shape index (κ3) is 8.17. The molecule has 0 amide bonds. The number of halogens is 1. The third-order valence-corrected chi connectivity index (χ3v) is 13.6. The minimum Gasteiger partial charge on any atom is -0.501 e. The summed E-state index contributed by atoms with van der Waals surface area (Å²) >= 11 is 1.71.